The summed E-state index contributed by atoms with van der Waals surface area (Å²) in [6.45, 7) is 1.53. The van der Waals surface area contributed by atoms with Gasteiger partial charge >= 0.3 is 6.18 Å². The van der Waals surface area contributed by atoms with Crippen LogP contribution in [0.3, 0.4) is 0 Å². The summed E-state index contributed by atoms with van der Waals surface area (Å²) < 4.78 is 44.1. The largest absolute Gasteiger partial charge is 0.425 e. The number of nitrogens with zero attached hydrogens (tertiary/aromatic N) is 3. The quantitative estimate of drug-likeness (QED) is 0.836. The molecule has 1 aromatic heterocycles. The van der Waals surface area contributed by atoms with Crippen molar-refractivity contribution < 1.29 is 22.4 Å². The summed E-state index contributed by atoms with van der Waals surface area (Å²) in [5.74, 6) is 1.71. The van der Waals surface area contributed by atoms with Gasteiger partial charge in [-0.1, -0.05) is 6.07 Å². The van der Waals surface area contributed by atoms with Crippen molar-refractivity contribution in [3.05, 3.63) is 41.6 Å². The summed E-state index contributed by atoms with van der Waals surface area (Å²) in [4.78, 5) is 14.2. The van der Waals surface area contributed by atoms with Crippen LogP contribution in [0.1, 0.15) is 54.9 Å². The van der Waals surface area contributed by atoms with Gasteiger partial charge in [0.05, 0.1) is 12.1 Å². The molecule has 28 heavy (non-hydrogen) atoms. The average molecular weight is 394 g/mol. The molecule has 9 heteroatoms. The average Bonchev–Trinajstić information content (AvgIpc) is 3.39. The summed E-state index contributed by atoms with van der Waals surface area (Å²) >= 11 is 0. The van der Waals surface area contributed by atoms with Crippen LogP contribution in [0.2, 0.25) is 0 Å². The van der Waals surface area contributed by atoms with Crippen LogP contribution in [-0.2, 0) is 11.0 Å². The molecule has 0 radical (unpaired) electrons. The molecule has 0 bridgehead atoms. The number of hydrogen-bond acceptors (Lipinski definition) is 5. The molecule has 1 aromatic carbocycles. The van der Waals surface area contributed by atoms with Crippen LogP contribution < -0.4 is 5.32 Å². The zero-order chi connectivity index (χ0) is 19.7. The molecule has 4 rings (SSSR count). The van der Waals surface area contributed by atoms with E-state index in [1.165, 1.54) is 12.1 Å². The smallest absolute Gasteiger partial charge is 0.416 e. The van der Waals surface area contributed by atoms with Gasteiger partial charge in [0.25, 0.3) is 0 Å². The van der Waals surface area contributed by atoms with Crippen molar-refractivity contribution in [3.63, 3.8) is 0 Å². The predicted molar refractivity (Wildman–Crippen MR) is 94.8 cm³/mol. The first-order valence-electron chi connectivity index (χ1n) is 9.41. The van der Waals surface area contributed by atoms with Gasteiger partial charge in [0.1, 0.15) is 0 Å². The third-order valence-corrected chi connectivity index (χ3v) is 5.16. The molecule has 2 aromatic rings. The molecule has 1 saturated carbocycles. The third-order valence-electron chi connectivity index (χ3n) is 5.16. The van der Waals surface area contributed by atoms with Crippen molar-refractivity contribution in [1.29, 1.82) is 0 Å². The Morgan fingerprint density at radius 2 is 1.75 bits per heavy atom. The summed E-state index contributed by atoms with van der Waals surface area (Å²) in [5.41, 5.74) is -0.635. The monoisotopic (exact) mass is 394 g/mol. The Morgan fingerprint density at radius 3 is 2.36 bits per heavy atom. The maximum Gasteiger partial charge on any atom is 0.416 e. The molecule has 0 atom stereocenters. The molecular formula is C19H21F3N4O2. The lowest BCUT2D eigenvalue weighted by Gasteiger charge is -2.29. The molecule has 0 spiro atoms. The number of aromatic nitrogens is 2. The third kappa shape index (κ3) is 4.52. The number of carbonyl (C=O) groups excluding carboxylic acids is 1. The van der Waals surface area contributed by atoms with Crippen molar-refractivity contribution in [3.8, 4) is 0 Å². The van der Waals surface area contributed by atoms with Gasteiger partial charge in [0.15, 0.2) is 0 Å². The van der Waals surface area contributed by atoms with E-state index < -0.39 is 11.7 Å². The number of piperidine rings is 1. The number of benzene rings is 1. The van der Waals surface area contributed by atoms with Crippen molar-refractivity contribution in [2.45, 2.75) is 43.7 Å². The summed E-state index contributed by atoms with van der Waals surface area (Å²) in [6.07, 6.45) is -0.592. The minimum Gasteiger partial charge on any atom is -0.425 e. The molecule has 1 N–H and O–H groups in total. The Balaban J connectivity index is 1.27. The maximum atomic E-state index is 12.8. The van der Waals surface area contributed by atoms with E-state index in [1.54, 1.807) is 0 Å². The highest BCUT2D eigenvalue weighted by Gasteiger charge is 2.32. The van der Waals surface area contributed by atoms with Gasteiger partial charge < -0.3 is 9.73 Å². The van der Waals surface area contributed by atoms with Gasteiger partial charge in [0, 0.05) is 17.5 Å². The van der Waals surface area contributed by atoms with Gasteiger partial charge in [-0.15, -0.1) is 10.2 Å². The number of carbonyl (C=O) groups is 1. The first kappa shape index (κ1) is 18.9. The summed E-state index contributed by atoms with van der Waals surface area (Å²) in [7, 11) is 0. The van der Waals surface area contributed by atoms with Gasteiger partial charge in [-0.25, -0.2) is 0 Å². The first-order chi connectivity index (χ1) is 13.4. The van der Waals surface area contributed by atoms with Crippen molar-refractivity contribution >= 4 is 11.6 Å². The molecule has 150 valence electrons. The van der Waals surface area contributed by atoms with E-state index in [0.717, 1.165) is 43.7 Å². The van der Waals surface area contributed by atoms with Gasteiger partial charge in [-0.2, -0.15) is 13.2 Å². The van der Waals surface area contributed by atoms with Gasteiger partial charge in [0.2, 0.25) is 17.7 Å². The number of anilines is 1. The number of rotatable bonds is 5. The second kappa shape index (κ2) is 7.54. The van der Waals surface area contributed by atoms with Crippen LogP contribution in [0, 0.1) is 0 Å². The van der Waals surface area contributed by atoms with E-state index in [9.17, 15) is 18.0 Å². The second-order valence-electron chi connectivity index (χ2n) is 7.43. The lowest BCUT2D eigenvalue weighted by atomic mass is 9.97. The van der Waals surface area contributed by atoms with Crippen molar-refractivity contribution in [2.24, 2.45) is 0 Å². The molecule has 1 aliphatic heterocycles. The van der Waals surface area contributed by atoms with E-state index in [1.807, 2.05) is 4.90 Å². The second-order valence-corrected chi connectivity index (χ2v) is 7.43. The molecule has 2 heterocycles. The first-order valence-corrected chi connectivity index (χ1v) is 9.41. The highest BCUT2D eigenvalue weighted by atomic mass is 19.4. The van der Waals surface area contributed by atoms with E-state index in [0.29, 0.717) is 24.9 Å². The van der Waals surface area contributed by atoms with Crippen LogP contribution in [-0.4, -0.2) is 40.6 Å². The molecule has 2 fully saturated rings. The fourth-order valence-electron chi connectivity index (χ4n) is 3.42. The highest BCUT2D eigenvalue weighted by molar-refractivity contribution is 5.92. The number of alkyl halides is 3. The van der Waals surface area contributed by atoms with Crippen LogP contribution in [0.5, 0.6) is 0 Å². The molecule has 1 saturated heterocycles. The number of likely N-dealkylation sites (tertiary alicyclic amines) is 1. The number of halogens is 3. The molecule has 1 aliphatic carbocycles. The molecular weight excluding hydrogens is 373 g/mol. The Labute approximate surface area is 160 Å². The van der Waals surface area contributed by atoms with Gasteiger partial charge in [-0.05, 0) is 57.0 Å². The number of hydrogen-bond donors (Lipinski definition) is 1. The van der Waals surface area contributed by atoms with Crippen molar-refractivity contribution in [1.82, 2.24) is 15.1 Å². The Hall–Kier alpha value is -2.42. The maximum absolute atomic E-state index is 12.8. The Morgan fingerprint density at radius 1 is 1.11 bits per heavy atom. The zero-order valence-corrected chi connectivity index (χ0v) is 15.2. The van der Waals surface area contributed by atoms with E-state index >= 15 is 0 Å². The molecule has 1 amide bonds. The fourth-order valence-corrected chi connectivity index (χ4v) is 3.42. The van der Waals surface area contributed by atoms with E-state index in [2.05, 4.69) is 15.5 Å². The minimum atomic E-state index is -4.43. The lowest BCUT2D eigenvalue weighted by Crippen LogP contribution is -2.38. The van der Waals surface area contributed by atoms with Gasteiger partial charge in [-0.3, -0.25) is 9.69 Å². The minimum absolute atomic E-state index is 0.139. The normalized spacial score (nSPS) is 19.0. The fraction of sp³-hybridized carbons (Fsp3) is 0.526. The van der Waals surface area contributed by atoms with E-state index in [4.69, 9.17) is 4.42 Å². The standard InChI is InChI=1S/C19H21F3N4O2/c20-19(21,22)14-2-1-3-15(10-14)23-16(27)11-26-8-6-13(7-9-26)18-25-24-17(28-18)12-4-5-12/h1-3,10,12-13H,4-9,11H2,(H,23,27). The Kier molecular flexibility index (Phi) is 5.09. The summed E-state index contributed by atoms with van der Waals surface area (Å²) in [6, 6.07) is 4.65. The van der Waals surface area contributed by atoms with Crippen LogP contribution in [0.15, 0.2) is 28.7 Å². The lowest BCUT2D eigenvalue weighted by molar-refractivity contribution is -0.137. The topological polar surface area (TPSA) is 71.3 Å². The van der Waals surface area contributed by atoms with Crippen LogP contribution in [0.25, 0.3) is 0 Å². The predicted octanol–water partition coefficient (Wildman–Crippen LogP) is 3.78. The molecule has 6 nitrogen and oxygen atoms in total. The number of amides is 1. The van der Waals surface area contributed by atoms with Crippen LogP contribution in [0.4, 0.5) is 18.9 Å². The van der Waals surface area contributed by atoms with Crippen molar-refractivity contribution in [2.75, 3.05) is 25.0 Å². The SMILES string of the molecule is O=C(CN1CCC(c2nnc(C3CC3)o2)CC1)Nc1cccc(C(F)(F)F)c1. The number of nitrogens with one attached hydrogen (secondary N) is 1. The zero-order valence-electron chi connectivity index (χ0n) is 15.2. The summed E-state index contributed by atoms with van der Waals surface area (Å²) in [5, 5.41) is 10.8. The molecule has 2 aliphatic rings. The van der Waals surface area contributed by atoms with E-state index in [-0.39, 0.29) is 24.1 Å². The molecule has 0 unspecified atom stereocenters. The highest BCUT2D eigenvalue weighted by Crippen LogP contribution is 2.40. The van der Waals surface area contributed by atoms with Crippen LogP contribution >= 0.6 is 0 Å². The Bertz CT molecular complexity index is 840.